The van der Waals surface area contributed by atoms with E-state index in [4.69, 9.17) is 10.5 Å². The van der Waals surface area contributed by atoms with Gasteiger partial charge in [-0.15, -0.1) is 24.8 Å². The number of amides is 2. The molecule has 1 atom stereocenters. The van der Waals surface area contributed by atoms with Gasteiger partial charge >= 0.3 is 0 Å². The number of ether oxygens (including phenoxy) is 1. The zero-order valence-electron chi connectivity index (χ0n) is 14.8. The first-order chi connectivity index (χ1) is 10.5. The number of hydrogen-bond acceptors (Lipinski definition) is 5. The number of halogens is 2. The summed E-state index contributed by atoms with van der Waals surface area (Å²) < 4.78 is 5.34. The Morgan fingerprint density at radius 1 is 1.17 bits per heavy atom. The molecule has 0 saturated carbocycles. The molecule has 1 aliphatic heterocycles. The molecule has 0 aromatic heterocycles. The van der Waals surface area contributed by atoms with E-state index in [-0.39, 0.29) is 49.1 Å². The van der Waals surface area contributed by atoms with Crippen LogP contribution in [0.15, 0.2) is 0 Å². The topological polar surface area (TPSA) is 87.9 Å². The molecule has 7 nitrogen and oxygen atoms in total. The largest absolute Gasteiger partial charge is 0.380 e. The Bertz CT molecular complexity index is 365. The number of nitrogens with one attached hydrogen (secondary N) is 1. The van der Waals surface area contributed by atoms with Crippen LogP contribution < -0.4 is 11.1 Å². The molecule has 144 valence electrons. The molecule has 2 amide bonds. The van der Waals surface area contributed by atoms with Crippen LogP contribution in [-0.4, -0.2) is 80.1 Å². The lowest BCUT2D eigenvalue weighted by Crippen LogP contribution is -2.53. The van der Waals surface area contributed by atoms with Gasteiger partial charge in [0, 0.05) is 39.3 Å². The van der Waals surface area contributed by atoms with Gasteiger partial charge in [0.2, 0.25) is 11.8 Å². The predicted molar refractivity (Wildman–Crippen MR) is 99.8 cm³/mol. The van der Waals surface area contributed by atoms with Gasteiger partial charge in [0.25, 0.3) is 0 Å². The lowest BCUT2D eigenvalue weighted by molar-refractivity contribution is -0.134. The van der Waals surface area contributed by atoms with Gasteiger partial charge in [0.05, 0.1) is 19.2 Å². The SMILES string of the molecule is CCOCCN1CCN(C(=O)CNC(=O)[C@@H](N)C(C)C)CC1.Cl.Cl. The second kappa shape index (κ2) is 13.7. The van der Waals surface area contributed by atoms with Crippen molar-refractivity contribution in [2.75, 3.05) is 52.5 Å². The van der Waals surface area contributed by atoms with Crippen LogP contribution in [0.1, 0.15) is 20.8 Å². The van der Waals surface area contributed by atoms with Gasteiger partial charge in [-0.25, -0.2) is 0 Å². The Hall–Kier alpha value is -0.600. The molecule has 1 rings (SSSR count). The van der Waals surface area contributed by atoms with Gasteiger partial charge in [-0.3, -0.25) is 14.5 Å². The van der Waals surface area contributed by atoms with E-state index < -0.39 is 6.04 Å². The highest BCUT2D eigenvalue weighted by Crippen LogP contribution is 2.02. The van der Waals surface area contributed by atoms with E-state index in [9.17, 15) is 9.59 Å². The molecule has 0 radical (unpaired) electrons. The quantitative estimate of drug-likeness (QED) is 0.578. The zero-order chi connectivity index (χ0) is 16.5. The zero-order valence-corrected chi connectivity index (χ0v) is 16.5. The van der Waals surface area contributed by atoms with Crippen molar-refractivity contribution >= 4 is 36.6 Å². The summed E-state index contributed by atoms with van der Waals surface area (Å²) in [5.41, 5.74) is 5.75. The number of hydrogen-bond donors (Lipinski definition) is 2. The first kappa shape index (κ1) is 25.6. The van der Waals surface area contributed by atoms with E-state index >= 15 is 0 Å². The first-order valence-electron chi connectivity index (χ1n) is 8.06. The maximum Gasteiger partial charge on any atom is 0.242 e. The van der Waals surface area contributed by atoms with E-state index in [2.05, 4.69) is 10.2 Å². The average molecular weight is 387 g/mol. The minimum atomic E-state index is -0.566. The van der Waals surface area contributed by atoms with E-state index in [0.29, 0.717) is 13.1 Å². The monoisotopic (exact) mass is 386 g/mol. The van der Waals surface area contributed by atoms with Crippen LogP contribution in [0.2, 0.25) is 0 Å². The number of carbonyl (C=O) groups is 2. The molecule has 9 heteroatoms. The summed E-state index contributed by atoms with van der Waals surface area (Å²) in [6.07, 6.45) is 0. The first-order valence-corrected chi connectivity index (χ1v) is 8.06. The van der Waals surface area contributed by atoms with E-state index in [1.165, 1.54) is 0 Å². The van der Waals surface area contributed by atoms with Gasteiger partial charge < -0.3 is 20.7 Å². The molecule has 1 aliphatic rings. The molecule has 0 aliphatic carbocycles. The number of nitrogens with zero attached hydrogens (tertiary/aromatic N) is 2. The van der Waals surface area contributed by atoms with E-state index in [0.717, 1.165) is 32.8 Å². The Kier molecular flexibility index (Phi) is 14.6. The van der Waals surface area contributed by atoms with Crippen LogP contribution in [0.5, 0.6) is 0 Å². The standard InChI is InChI=1S/C15H30N4O3.2ClH/c1-4-22-10-9-18-5-7-19(8-6-18)13(20)11-17-15(21)14(16)12(2)3;;/h12,14H,4-11,16H2,1-3H3,(H,17,21);2*1H/t14-;;/m0../s1. The molecule has 1 heterocycles. The Labute approximate surface area is 157 Å². The second-order valence-electron chi connectivity index (χ2n) is 5.91. The smallest absolute Gasteiger partial charge is 0.242 e. The van der Waals surface area contributed by atoms with Crippen molar-refractivity contribution in [3.8, 4) is 0 Å². The summed E-state index contributed by atoms with van der Waals surface area (Å²) in [5.74, 6) is -0.253. The predicted octanol–water partition coefficient (Wildman–Crippen LogP) is 0.110. The van der Waals surface area contributed by atoms with Crippen molar-refractivity contribution < 1.29 is 14.3 Å². The van der Waals surface area contributed by atoms with Crippen molar-refractivity contribution in [2.24, 2.45) is 11.7 Å². The Morgan fingerprint density at radius 3 is 2.25 bits per heavy atom. The maximum absolute atomic E-state index is 12.1. The van der Waals surface area contributed by atoms with Crippen LogP contribution in [0.3, 0.4) is 0 Å². The fourth-order valence-corrected chi connectivity index (χ4v) is 2.25. The summed E-state index contributed by atoms with van der Waals surface area (Å²) >= 11 is 0. The van der Waals surface area contributed by atoms with Crippen molar-refractivity contribution in [3.63, 3.8) is 0 Å². The summed E-state index contributed by atoms with van der Waals surface area (Å²) in [5, 5.41) is 2.63. The second-order valence-corrected chi connectivity index (χ2v) is 5.91. The molecular weight excluding hydrogens is 355 g/mol. The lowest BCUT2D eigenvalue weighted by atomic mass is 10.1. The number of piperazine rings is 1. The molecule has 0 aromatic carbocycles. The fraction of sp³-hybridized carbons (Fsp3) is 0.867. The molecule has 0 aromatic rings. The molecule has 3 N–H and O–H groups in total. The van der Waals surface area contributed by atoms with E-state index in [1.54, 1.807) is 4.90 Å². The summed E-state index contributed by atoms with van der Waals surface area (Å²) in [7, 11) is 0. The molecule has 24 heavy (non-hydrogen) atoms. The number of rotatable bonds is 8. The fourth-order valence-electron chi connectivity index (χ4n) is 2.25. The average Bonchev–Trinajstić information content (AvgIpc) is 2.52. The van der Waals surface area contributed by atoms with Gasteiger partial charge in [0.15, 0.2) is 0 Å². The summed E-state index contributed by atoms with van der Waals surface area (Å²) in [6.45, 7) is 11.2. The third kappa shape index (κ3) is 9.03. The maximum atomic E-state index is 12.1. The van der Waals surface area contributed by atoms with Crippen molar-refractivity contribution in [1.82, 2.24) is 15.1 Å². The molecule has 0 unspecified atom stereocenters. The van der Waals surface area contributed by atoms with Crippen molar-refractivity contribution in [2.45, 2.75) is 26.8 Å². The molecule has 0 bridgehead atoms. The molecular formula is C15H32Cl2N4O3. The normalized spacial score (nSPS) is 16.1. The third-order valence-corrected chi connectivity index (χ3v) is 3.92. The van der Waals surface area contributed by atoms with Crippen LogP contribution in [-0.2, 0) is 14.3 Å². The minimum Gasteiger partial charge on any atom is -0.380 e. The van der Waals surface area contributed by atoms with Crippen LogP contribution >= 0.6 is 24.8 Å². The third-order valence-electron chi connectivity index (χ3n) is 3.92. The van der Waals surface area contributed by atoms with E-state index in [1.807, 2.05) is 20.8 Å². The van der Waals surface area contributed by atoms with Gasteiger partial charge in [0.1, 0.15) is 0 Å². The van der Waals surface area contributed by atoms with Gasteiger partial charge in [-0.1, -0.05) is 13.8 Å². The van der Waals surface area contributed by atoms with Crippen LogP contribution in [0.25, 0.3) is 0 Å². The van der Waals surface area contributed by atoms with Crippen LogP contribution in [0, 0.1) is 5.92 Å². The van der Waals surface area contributed by atoms with Gasteiger partial charge in [-0.05, 0) is 12.8 Å². The summed E-state index contributed by atoms with van der Waals surface area (Å²) in [4.78, 5) is 27.9. The highest BCUT2D eigenvalue weighted by molar-refractivity contribution is 5.87. The van der Waals surface area contributed by atoms with Crippen molar-refractivity contribution in [3.05, 3.63) is 0 Å². The lowest BCUT2D eigenvalue weighted by Gasteiger charge is -2.34. The molecule has 0 spiro atoms. The van der Waals surface area contributed by atoms with Crippen molar-refractivity contribution in [1.29, 1.82) is 0 Å². The highest BCUT2D eigenvalue weighted by atomic mass is 35.5. The molecule has 1 saturated heterocycles. The minimum absolute atomic E-state index is 0. The Balaban J connectivity index is 0. The number of carbonyl (C=O) groups excluding carboxylic acids is 2. The highest BCUT2D eigenvalue weighted by Gasteiger charge is 2.22. The Morgan fingerprint density at radius 2 is 1.75 bits per heavy atom. The summed E-state index contributed by atoms with van der Waals surface area (Å²) in [6, 6.07) is -0.566. The van der Waals surface area contributed by atoms with Gasteiger partial charge in [-0.2, -0.15) is 0 Å². The van der Waals surface area contributed by atoms with Crippen LogP contribution in [0.4, 0.5) is 0 Å². The number of nitrogens with two attached hydrogens (primary N) is 1. The molecule has 1 fully saturated rings.